The highest BCUT2D eigenvalue weighted by Crippen LogP contribution is 2.39. The first-order valence-electron chi connectivity index (χ1n) is 13.1. The molecule has 3 aromatic carbocycles. The normalized spacial score (nSPS) is 17.4. The van der Waals surface area contributed by atoms with E-state index in [1.165, 1.54) is 23.3 Å². The molecule has 0 radical (unpaired) electrons. The molecule has 2 amide bonds. The predicted molar refractivity (Wildman–Crippen MR) is 141 cm³/mol. The topological polar surface area (TPSA) is 58.6 Å². The van der Waals surface area contributed by atoms with E-state index in [1.54, 1.807) is 12.1 Å². The van der Waals surface area contributed by atoms with Gasteiger partial charge in [-0.05, 0) is 72.7 Å². The first-order valence-corrected chi connectivity index (χ1v) is 13.1. The molecular weight excluding hydrogens is 467 g/mol. The number of carbonyl (C=O) groups is 2. The standard InChI is InChI=1S/C31H33FN2O3/c1-21-6-10-24(11-7-21)30-28-18-27(37-20-29(35)33-19-22-8-13-26(32)14-9-22)15-12-23(28)16-17-34(30)31(36)25-4-2-3-5-25/h6-15,18,25,30H,2-5,16-17,19-20H2,1H3,(H,33,35)/t30-/m1/s1. The number of halogens is 1. The Hall–Kier alpha value is -3.67. The summed E-state index contributed by atoms with van der Waals surface area (Å²) in [6, 6.07) is 20.2. The van der Waals surface area contributed by atoms with E-state index in [4.69, 9.17) is 4.74 Å². The van der Waals surface area contributed by atoms with E-state index in [1.807, 2.05) is 12.1 Å². The Balaban J connectivity index is 1.33. The molecule has 1 saturated carbocycles. The van der Waals surface area contributed by atoms with Gasteiger partial charge in [-0.2, -0.15) is 0 Å². The molecule has 1 aliphatic carbocycles. The van der Waals surface area contributed by atoms with Crippen LogP contribution in [0, 0.1) is 18.7 Å². The van der Waals surface area contributed by atoms with E-state index >= 15 is 0 Å². The number of nitrogens with zero attached hydrogens (tertiary/aromatic N) is 1. The van der Waals surface area contributed by atoms with Crippen LogP contribution in [0.5, 0.6) is 5.75 Å². The van der Waals surface area contributed by atoms with Crippen LogP contribution >= 0.6 is 0 Å². The molecule has 1 N–H and O–H groups in total. The molecule has 5 nitrogen and oxygen atoms in total. The lowest BCUT2D eigenvalue weighted by atomic mass is 9.86. The molecule has 1 atom stereocenters. The molecule has 37 heavy (non-hydrogen) atoms. The van der Waals surface area contributed by atoms with Gasteiger partial charge in [0.25, 0.3) is 5.91 Å². The summed E-state index contributed by atoms with van der Waals surface area (Å²) >= 11 is 0. The van der Waals surface area contributed by atoms with E-state index in [-0.39, 0.29) is 36.2 Å². The maximum Gasteiger partial charge on any atom is 0.258 e. The zero-order valence-electron chi connectivity index (χ0n) is 21.2. The van der Waals surface area contributed by atoms with Crippen LogP contribution in [0.3, 0.4) is 0 Å². The number of rotatable bonds is 7. The Morgan fingerprint density at radius 2 is 1.73 bits per heavy atom. The van der Waals surface area contributed by atoms with Crippen molar-refractivity contribution in [1.29, 1.82) is 0 Å². The highest BCUT2D eigenvalue weighted by atomic mass is 19.1. The van der Waals surface area contributed by atoms with Gasteiger partial charge in [0.05, 0.1) is 6.04 Å². The van der Waals surface area contributed by atoms with Crippen LogP contribution in [0.15, 0.2) is 66.7 Å². The summed E-state index contributed by atoms with van der Waals surface area (Å²) < 4.78 is 19.0. The predicted octanol–water partition coefficient (Wildman–Crippen LogP) is 5.49. The number of aryl methyl sites for hydroxylation is 1. The quantitative estimate of drug-likeness (QED) is 0.467. The van der Waals surface area contributed by atoms with Gasteiger partial charge in [-0.1, -0.05) is 60.9 Å². The summed E-state index contributed by atoms with van der Waals surface area (Å²) in [5.74, 6) is 0.398. The van der Waals surface area contributed by atoms with Crippen LogP contribution in [-0.4, -0.2) is 29.9 Å². The van der Waals surface area contributed by atoms with Gasteiger partial charge in [0, 0.05) is 19.0 Å². The van der Waals surface area contributed by atoms with Crippen molar-refractivity contribution in [1.82, 2.24) is 10.2 Å². The molecular formula is C31H33FN2O3. The van der Waals surface area contributed by atoms with Crippen molar-refractivity contribution in [2.75, 3.05) is 13.2 Å². The van der Waals surface area contributed by atoms with E-state index in [0.29, 0.717) is 18.8 Å². The Labute approximate surface area is 217 Å². The van der Waals surface area contributed by atoms with Crippen LogP contribution in [0.4, 0.5) is 4.39 Å². The molecule has 0 spiro atoms. The zero-order valence-corrected chi connectivity index (χ0v) is 21.2. The average Bonchev–Trinajstić information content (AvgIpc) is 3.46. The second-order valence-electron chi connectivity index (χ2n) is 10.1. The second-order valence-corrected chi connectivity index (χ2v) is 10.1. The summed E-state index contributed by atoms with van der Waals surface area (Å²) in [6.45, 7) is 2.94. The average molecular weight is 501 g/mol. The number of ether oxygens (including phenoxy) is 1. The lowest BCUT2D eigenvalue weighted by Gasteiger charge is -2.39. The van der Waals surface area contributed by atoms with Gasteiger partial charge >= 0.3 is 0 Å². The molecule has 0 unspecified atom stereocenters. The number of carbonyl (C=O) groups excluding carboxylic acids is 2. The van der Waals surface area contributed by atoms with Crippen molar-refractivity contribution < 1.29 is 18.7 Å². The minimum absolute atomic E-state index is 0.110. The Bertz CT molecular complexity index is 1250. The number of nitrogens with one attached hydrogen (secondary N) is 1. The third-order valence-corrected chi connectivity index (χ3v) is 7.50. The highest BCUT2D eigenvalue weighted by Gasteiger charge is 2.36. The molecule has 3 aromatic rings. The van der Waals surface area contributed by atoms with E-state index in [2.05, 4.69) is 47.5 Å². The Kier molecular flexibility index (Phi) is 7.54. The third kappa shape index (κ3) is 5.85. The summed E-state index contributed by atoms with van der Waals surface area (Å²) in [5, 5.41) is 2.80. The van der Waals surface area contributed by atoms with E-state index in [9.17, 15) is 14.0 Å². The lowest BCUT2D eigenvalue weighted by Crippen LogP contribution is -2.43. The van der Waals surface area contributed by atoms with Gasteiger partial charge in [0.2, 0.25) is 5.91 Å². The maximum absolute atomic E-state index is 13.6. The molecule has 2 aliphatic rings. The van der Waals surface area contributed by atoms with Crippen LogP contribution in [0.2, 0.25) is 0 Å². The summed E-state index contributed by atoms with van der Waals surface area (Å²) in [4.78, 5) is 28.0. The molecule has 1 fully saturated rings. The molecule has 192 valence electrons. The van der Waals surface area contributed by atoms with Crippen LogP contribution in [-0.2, 0) is 22.6 Å². The van der Waals surface area contributed by atoms with E-state index < -0.39 is 0 Å². The van der Waals surface area contributed by atoms with Gasteiger partial charge in [-0.25, -0.2) is 4.39 Å². The SMILES string of the molecule is Cc1ccc([C@@H]2c3cc(OCC(=O)NCc4ccc(F)cc4)ccc3CCN2C(=O)C2CCCC2)cc1. The minimum atomic E-state index is -0.307. The van der Waals surface area contributed by atoms with Gasteiger partial charge in [-0.3, -0.25) is 9.59 Å². The largest absolute Gasteiger partial charge is 0.484 e. The fourth-order valence-electron chi connectivity index (χ4n) is 5.44. The summed E-state index contributed by atoms with van der Waals surface area (Å²) in [6.07, 6.45) is 4.99. The number of hydrogen-bond acceptors (Lipinski definition) is 3. The van der Waals surface area contributed by atoms with Gasteiger partial charge < -0.3 is 15.0 Å². The number of fused-ring (bicyclic) bond motifs is 1. The fourth-order valence-corrected chi connectivity index (χ4v) is 5.44. The maximum atomic E-state index is 13.6. The Morgan fingerprint density at radius 1 is 1.00 bits per heavy atom. The van der Waals surface area contributed by atoms with Crippen LogP contribution < -0.4 is 10.1 Å². The van der Waals surface area contributed by atoms with Gasteiger partial charge in [-0.15, -0.1) is 0 Å². The highest BCUT2D eigenvalue weighted by molar-refractivity contribution is 5.80. The number of benzene rings is 3. The minimum Gasteiger partial charge on any atom is -0.484 e. The zero-order chi connectivity index (χ0) is 25.8. The lowest BCUT2D eigenvalue weighted by molar-refractivity contribution is -0.137. The summed E-state index contributed by atoms with van der Waals surface area (Å²) in [5.41, 5.74) is 5.35. The van der Waals surface area contributed by atoms with Gasteiger partial charge in [0.1, 0.15) is 11.6 Å². The molecule has 6 heteroatoms. The van der Waals surface area contributed by atoms with Crippen molar-refractivity contribution in [3.63, 3.8) is 0 Å². The number of amides is 2. The summed E-state index contributed by atoms with van der Waals surface area (Å²) in [7, 11) is 0. The molecule has 0 aromatic heterocycles. The van der Waals surface area contributed by atoms with Crippen molar-refractivity contribution in [3.05, 3.63) is 100 Å². The molecule has 0 bridgehead atoms. The molecule has 1 aliphatic heterocycles. The Morgan fingerprint density at radius 3 is 2.46 bits per heavy atom. The smallest absolute Gasteiger partial charge is 0.258 e. The molecule has 1 heterocycles. The first-order chi connectivity index (χ1) is 18.0. The van der Waals surface area contributed by atoms with Crippen molar-refractivity contribution in [2.24, 2.45) is 5.92 Å². The van der Waals surface area contributed by atoms with Crippen molar-refractivity contribution >= 4 is 11.8 Å². The van der Waals surface area contributed by atoms with Crippen molar-refractivity contribution in [3.8, 4) is 5.75 Å². The van der Waals surface area contributed by atoms with Gasteiger partial charge in [0.15, 0.2) is 6.61 Å². The molecule has 5 rings (SSSR count). The van der Waals surface area contributed by atoms with Crippen LogP contribution in [0.25, 0.3) is 0 Å². The number of hydrogen-bond donors (Lipinski definition) is 1. The monoisotopic (exact) mass is 500 g/mol. The third-order valence-electron chi connectivity index (χ3n) is 7.50. The van der Waals surface area contributed by atoms with Crippen LogP contribution in [0.1, 0.15) is 59.5 Å². The van der Waals surface area contributed by atoms with E-state index in [0.717, 1.165) is 48.8 Å². The van der Waals surface area contributed by atoms with Crippen molar-refractivity contribution in [2.45, 2.75) is 51.6 Å². The fraction of sp³-hybridized carbons (Fsp3) is 0.355. The second kappa shape index (κ2) is 11.2. The molecule has 0 saturated heterocycles. The first kappa shape index (κ1) is 25.0.